The fraction of sp³-hybridized carbons (Fsp3) is 0.571. The molecule has 0 spiro atoms. The highest BCUT2D eigenvalue weighted by molar-refractivity contribution is 6.32. The summed E-state index contributed by atoms with van der Waals surface area (Å²) in [7, 11) is 0. The molecule has 0 unspecified atom stereocenters. The van der Waals surface area contributed by atoms with Crippen LogP contribution in [0.1, 0.15) is 24.8 Å². The summed E-state index contributed by atoms with van der Waals surface area (Å²) in [6, 6.07) is 1.91. The number of halogens is 3. The van der Waals surface area contributed by atoms with Crippen LogP contribution in [0.3, 0.4) is 0 Å². The third-order valence-corrected chi connectivity index (χ3v) is 5.79. The molecule has 1 fully saturated rings. The molecule has 0 radical (unpaired) electrons. The lowest BCUT2D eigenvalue weighted by molar-refractivity contribution is -0.149. The van der Waals surface area contributed by atoms with Crippen LogP contribution in [-0.2, 0) is 25.7 Å². The minimum absolute atomic E-state index is 0.0383. The minimum Gasteiger partial charge on any atom is -0.480 e. The number of urea groups is 1. The van der Waals surface area contributed by atoms with Gasteiger partial charge in [-0.25, -0.2) is 14.6 Å². The number of pyridine rings is 1. The zero-order valence-corrected chi connectivity index (χ0v) is 21.2. The number of aliphatic carboxylic acids is 1. The van der Waals surface area contributed by atoms with Crippen molar-refractivity contribution in [3.05, 3.63) is 28.0 Å². The quantitative estimate of drug-likeness (QED) is 0.154. The smallest absolute Gasteiger partial charge is 0.328 e. The molecule has 1 saturated heterocycles. The first-order valence-corrected chi connectivity index (χ1v) is 12.3. The average Bonchev–Trinajstić information content (AvgIpc) is 2.80. The second-order valence-corrected chi connectivity index (χ2v) is 8.91. The second-order valence-electron chi connectivity index (χ2n) is 7.87. The van der Waals surface area contributed by atoms with Gasteiger partial charge in [0.05, 0.1) is 6.54 Å². The number of piperazine rings is 1. The summed E-state index contributed by atoms with van der Waals surface area (Å²) in [6.07, 6.45) is 1.39. The van der Waals surface area contributed by atoms with Crippen molar-refractivity contribution in [2.45, 2.75) is 31.9 Å². The Labute approximate surface area is 218 Å². The first-order chi connectivity index (χ1) is 16.7. The van der Waals surface area contributed by atoms with Gasteiger partial charge in [-0.1, -0.05) is 23.2 Å². The Hall–Kier alpha value is -2.34. The molecule has 0 aromatic carbocycles. The van der Waals surface area contributed by atoms with Crippen LogP contribution in [0.25, 0.3) is 0 Å². The number of alkyl halides is 1. The predicted molar refractivity (Wildman–Crippen MR) is 130 cm³/mol. The van der Waals surface area contributed by atoms with Gasteiger partial charge in [0.15, 0.2) is 0 Å². The number of esters is 1. The molecular weight excluding hydrogens is 525 g/mol. The number of ether oxygens (including phenoxy) is 1. The number of hydrogen-bond acceptors (Lipinski definition) is 7. The van der Waals surface area contributed by atoms with Crippen LogP contribution in [0.15, 0.2) is 12.1 Å². The van der Waals surface area contributed by atoms with Gasteiger partial charge < -0.3 is 25.4 Å². The number of carbonyl (C=O) groups is 4. The number of aromatic nitrogens is 1. The molecule has 14 heteroatoms. The van der Waals surface area contributed by atoms with E-state index in [4.69, 9.17) is 44.6 Å². The normalized spacial score (nSPS) is 14.8. The molecule has 3 N–H and O–H groups in total. The van der Waals surface area contributed by atoms with E-state index in [2.05, 4.69) is 15.6 Å². The molecule has 0 bridgehead atoms. The fourth-order valence-electron chi connectivity index (χ4n) is 3.42. The number of nitrogens with zero attached hydrogens (tertiary/aromatic N) is 3. The molecule has 0 saturated carbocycles. The van der Waals surface area contributed by atoms with Gasteiger partial charge in [0, 0.05) is 32.7 Å². The number of nitrogens with one attached hydrogen (secondary N) is 2. The third kappa shape index (κ3) is 10.9. The predicted octanol–water partition coefficient (Wildman–Crippen LogP) is 1.74. The number of amides is 3. The average molecular weight is 553 g/mol. The topological polar surface area (TPSA) is 141 Å². The highest BCUT2D eigenvalue weighted by atomic mass is 35.5. The number of carboxylic acid groups (broad SMARTS) is 1. The van der Waals surface area contributed by atoms with Crippen molar-refractivity contribution in [3.8, 4) is 0 Å². The molecule has 2 heterocycles. The van der Waals surface area contributed by atoms with Crippen molar-refractivity contribution in [1.29, 1.82) is 0 Å². The van der Waals surface area contributed by atoms with Gasteiger partial charge in [0.25, 0.3) is 0 Å². The van der Waals surface area contributed by atoms with E-state index in [1.54, 1.807) is 9.80 Å². The van der Waals surface area contributed by atoms with Gasteiger partial charge in [-0.15, -0.1) is 11.6 Å². The Morgan fingerprint density at radius 1 is 1.09 bits per heavy atom. The summed E-state index contributed by atoms with van der Waals surface area (Å²) in [5.41, 5.74) is 0.553. The number of hydrogen-bond donors (Lipinski definition) is 3. The highest BCUT2D eigenvalue weighted by Gasteiger charge is 2.23. The molecule has 35 heavy (non-hydrogen) atoms. The second kappa shape index (κ2) is 14.9. The lowest BCUT2D eigenvalue weighted by Crippen LogP contribution is -2.52. The van der Waals surface area contributed by atoms with E-state index >= 15 is 0 Å². The Morgan fingerprint density at radius 3 is 2.34 bits per heavy atom. The lowest BCUT2D eigenvalue weighted by atomic mass is 10.1. The summed E-state index contributed by atoms with van der Waals surface area (Å²) < 4.78 is 5.29. The van der Waals surface area contributed by atoms with Crippen LogP contribution in [0, 0.1) is 0 Å². The van der Waals surface area contributed by atoms with Crippen molar-refractivity contribution >= 4 is 58.7 Å². The molecule has 1 aliphatic rings. The summed E-state index contributed by atoms with van der Waals surface area (Å²) in [4.78, 5) is 54.6. The van der Waals surface area contributed by atoms with Gasteiger partial charge in [-0.2, -0.15) is 0 Å². The van der Waals surface area contributed by atoms with E-state index in [0.717, 1.165) is 0 Å². The largest absolute Gasteiger partial charge is 0.480 e. The summed E-state index contributed by atoms with van der Waals surface area (Å²) in [6.45, 7) is 2.15. The molecule has 2 rings (SSSR count). The van der Waals surface area contributed by atoms with Crippen molar-refractivity contribution in [2.24, 2.45) is 0 Å². The first-order valence-electron chi connectivity index (χ1n) is 11.0. The molecule has 1 aromatic heterocycles. The number of carbonyl (C=O) groups excluding carboxylic acids is 3. The fourth-order valence-corrected chi connectivity index (χ4v) is 4.00. The minimum atomic E-state index is -0.896. The summed E-state index contributed by atoms with van der Waals surface area (Å²) >= 11 is 17.2. The van der Waals surface area contributed by atoms with E-state index in [0.29, 0.717) is 57.5 Å². The highest BCUT2D eigenvalue weighted by Crippen LogP contribution is 2.16. The Bertz CT molecular complexity index is 878. The van der Waals surface area contributed by atoms with Crippen LogP contribution in [0.4, 0.5) is 4.79 Å². The summed E-state index contributed by atoms with van der Waals surface area (Å²) in [5, 5.41) is 14.5. The van der Waals surface area contributed by atoms with Gasteiger partial charge >= 0.3 is 18.0 Å². The van der Waals surface area contributed by atoms with E-state index < -0.39 is 23.9 Å². The van der Waals surface area contributed by atoms with E-state index in [1.807, 2.05) is 0 Å². The Balaban J connectivity index is 1.73. The van der Waals surface area contributed by atoms with Gasteiger partial charge in [0.1, 0.15) is 28.8 Å². The molecule has 11 nitrogen and oxygen atoms in total. The van der Waals surface area contributed by atoms with E-state index in [9.17, 15) is 19.2 Å². The SMILES string of the molecule is O=C(O)CN1CCN(C(=O)NCCCC[C@H](NC(=O)CCl)C(=O)OCc2cc(Cl)nc(Cl)c2)CC1. The molecular formula is C21H28Cl3N5O6. The molecule has 1 aliphatic heterocycles. The van der Waals surface area contributed by atoms with Crippen molar-refractivity contribution in [3.63, 3.8) is 0 Å². The number of carboxylic acids is 1. The standard InChI is InChI=1S/C21H28Cl3N5O6/c22-11-18(30)26-15(20(33)35-13-14-9-16(23)27-17(24)10-14)3-1-2-4-25-21(34)29-7-5-28(6-8-29)12-19(31)32/h9-10,15H,1-8,11-13H2,(H,25,34)(H,26,30)(H,31,32)/t15-/m0/s1. The zero-order chi connectivity index (χ0) is 25.8. The summed E-state index contributed by atoms with van der Waals surface area (Å²) in [5.74, 6) is -2.32. The van der Waals surface area contributed by atoms with Crippen LogP contribution in [-0.4, -0.2) is 95.0 Å². The molecule has 1 atom stereocenters. The Kier molecular flexibility index (Phi) is 12.3. The maximum absolute atomic E-state index is 12.5. The van der Waals surface area contributed by atoms with Crippen LogP contribution in [0.5, 0.6) is 0 Å². The lowest BCUT2D eigenvalue weighted by Gasteiger charge is -2.33. The molecule has 1 aromatic rings. The van der Waals surface area contributed by atoms with Crippen molar-refractivity contribution in [1.82, 2.24) is 25.4 Å². The maximum Gasteiger partial charge on any atom is 0.328 e. The van der Waals surface area contributed by atoms with E-state index in [1.165, 1.54) is 12.1 Å². The number of unbranched alkanes of at least 4 members (excludes halogenated alkanes) is 1. The molecule has 3 amide bonds. The van der Waals surface area contributed by atoms with Crippen LogP contribution >= 0.6 is 34.8 Å². The Morgan fingerprint density at radius 2 is 1.74 bits per heavy atom. The van der Waals surface area contributed by atoms with Crippen LogP contribution in [0.2, 0.25) is 10.3 Å². The molecule has 194 valence electrons. The van der Waals surface area contributed by atoms with Crippen LogP contribution < -0.4 is 10.6 Å². The third-order valence-electron chi connectivity index (χ3n) is 5.16. The maximum atomic E-state index is 12.5. The van der Waals surface area contributed by atoms with Gasteiger partial charge in [0.2, 0.25) is 5.91 Å². The van der Waals surface area contributed by atoms with E-state index in [-0.39, 0.29) is 35.4 Å². The monoisotopic (exact) mass is 551 g/mol. The molecule has 0 aliphatic carbocycles. The van der Waals surface area contributed by atoms with Gasteiger partial charge in [-0.05, 0) is 37.0 Å². The van der Waals surface area contributed by atoms with Crippen molar-refractivity contribution < 1.29 is 29.0 Å². The van der Waals surface area contributed by atoms with Crippen molar-refractivity contribution in [2.75, 3.05) is 45.1 Å². The van der Waals surface area contributed by atoms with Gasteiger partial charge in [-0.3, -0.25) is 14.5 Å². The number of rotatable bonds is 12. The first kappa shape index (κ1) is 28.9. The zero-order valence-electron chi connectivity index (χ0n) is 19.0.